The Balaban J connectivity index is 1.55. The van der Waals surface area contributed by atoms with Crippen molar-refractivity contribution in [3.8, 4) is 0 Å². The van der Waals surface area contributed by atoms with Crippen LogP contribution in [0.4, 0.5) is 0 Å². The summed E-state index contributed by atoms with van der Waals surface area (Å²) in [7, 11) is 3.67. The van der Waals surface area contributed by atoms with E-state index in [1.54, 1.807) is 7.05 Å². The van der Waals surface area contributed by atoms with Gasteiger partial charge in [-0.15, -0.1) is 0 Å². The Morgan fingerprint density at radius 1 is 1.16 bits per heavy atom. The van der Waals surface area contributed by atoms with E-state index in [4.69, 9.17) is 0 Å². The van der Waals surface area contributed by atoms with Crippen molar-refractivity contribution in [2.24, 2.45) is 18.9 Å². The maximum atomic E-state index is 13.0. The average Bonchev–Trinajstić information content (AvgIpc) is 3.06. The Kier molecular flexibility index (Phi) is 5.73. The molecule has 1 aliphatic carbocycles. The molecule has 7 nitrogen and oxygen atoms in total. The molecule has 1 saturated heterocycles. The average molecular weight is 347 g/mol. The molecule has 2 amide bonds. The number of piperazine rings is 1. The summed E-state index contributed by atoms with van der Waals surface area (Å²) < 4.78 is 2.04. The van der Waals surface area contributed by atoms with E-state index in [-0.39, 0.29) is 23.7 Å². The number of carbonyl (C=O) groups is 2. The summed E-state index contributed by atoms with van der Waals surface area (Å²) >= 11 is 0. The summed E-state index contributed by atoms with van der Waals surface area (Å²) in [4.78, 5) is 33.8. The minimum Gasteiger partial charge on any atom is -0.359 e. The van der Waals surface area contributed by atoms with Gasteiger partial charge in [0.25, 0.3) is 0 Å². The molecule has 1 saturated carbocycles. The number of rotatable bonds is 4. The van der Waals surface area contributed by atoms with E-state index in [9.17, 15) is 9.59 Å². The van der Waals surface area contributed by atoms with Gasteiger partial charge in [-0.25, -0.2) is 4.98 Å². The van der Waals surface area contributed by atoms with Crippen molar-refractivity contribution < 1.29 is 9.59 Å². The SMILES string of the molecule is CNC(=O)[C@H]1CCCC[C@H]1C(=O)N1CCN(Cc2nccn2C)CC1. The second-order valence-corrected chi connectivity index (χ2v) is 7.17. The Hall–Kier alpha value is -1.89. The zero-order chi connectivity index (χ0) is 17.8. The second kappa shape index (κ2) is 7.99. The largest absolute Gasteiger partial charge is 0.359 e. The van der Waals surface area contributed by atoms with E-state index in [1.165, 1.54) is 0 Å². The van der Waals surface area contributed by atoms with Gasteiger partial charge in [-0.1, -0.05) is 12.8 Å². The molecule has 0 unspecified atom stereocenters. The topological polar surface area (TPSA) is 70.5 Å². The molecule has 0 aromatic carbocycles. The van der Waals surface area contributed by atoms with Gasteiger partial charge in [0, 0.05) is 64.5 Å². The number of nitrogens with zero attached hydrogens (tertiary/aromatic N) is 4. The number of hydrogen-bond acceptors (Lipinski definition) is 4. The van der Waals surface area contributed by atoms with Gasteiger partial charge in [0.2, 0.25) is 11.8 Å². The monoisotopic (exact) mass is 347 g/mol. The first-order valence-electron chi connectivity index (χ1n) is 9.29. The summed E-state index contributed by atoms with van der Waals surface area (Å²) in [5, 5.41) is 2.73. The van der Waals surface area contributed by atoms with Gasteiger partial charge in [0.1, 0.15) is 5.82 Å². The van der Waals surface area contributed by atoms with Gasteiger partial charge in [-0.05, 0) is 12.8 Å². The van der Waals surface area contributed by atoms with E-state index in [0.717, 1.165) is 64.2 Å². The highest BCUT2D eigenvalue weighted by Gasteiger charge is 2.38. The fraction of sp³-hybridized carbons (Fsp3) is 0.722. The Morgan fingerprint density at radius 3 is 2.44 bits per heavy atom. The van der Waals surface area contributed by atoms with Crippen molar-refractivity contribution in [1.29, 1.82) is 0 Å². The van der Waals surface area contributed by atoms with Crippen LogP contribution >= 0.6 is 0 Å². The van der Waals surface area contributed by atoms with E-state index in [0.29, 0.717) is 0 Å². The van der Waals surface area contributed by atoms with Crippen LogP contribution in [0, 0.1) is 11.8 Å². The lowest BCUT2D eigenvalue weighted by Gasteiger charge is -2.38. The normalized spacial score (nSPS) is 25.0. The number of amides is 2. The highest BCUT2D eigenvalue weighted by Crippen LogP contribution is 2.32. The number of hydrogen-bond donors (Lipinski definition) is 1. The third-order valence-electron chi connectivity index (χ3n) is 5.64. The summed E-state index contributed by atoms with van der Waals surface area (Å²) in [6.07, 6.45) is 7.52. The van der Waals surface area contributed by atoms with Crippen molar-refractivity contribution >= 4 is 11.8 Å². The molecule has 138 valence electrons. The molecule has 0 bridgehead atoms. The summed E-state index contributed by atoms with van der Waals surface area (Å²) in [5.74, 6) is 0.940. The summed E-state index contributed by atoms with van der Waals surface area (Å²) in [6, 6.07) is 0. The van der Waals surface area contributed by atoms with Crippen molar-refractivity contribution in [1.82, 2.24) is 24.7 Å². The highest BCUT2D eigenvalue weighted by atomic mass is 16.2. The third kappa shape index (κ3) is 4.03. The molecule has 2 heterocycles. The molecular formula is C18H29N5O2. The Labute approximate surface area is 149 Å². The highest BCUT2D eigenvalue weighted by molar-refractivity contribution is 5.87. The maximum Gasteiger partial charge on any atom is 0.226 e. The van der Waals surface area contributed by atoms with E-state index < -0.39 is 0 Å². The van der Waals surface area contributed by atoms with Crippen LogP contribution in [0.15, 0.2) is 12.4 Å². The van der Waals surface area contributed by atoms with E-state index >= 15 is 0 Å². The van der Waals surface area contributed by atoms with Crippen LogP contribution in [0.25, 0.3) is 0 Å². The lowest BCUT2D eigenvalue weighted by Crippen LogP contribution is -2.52. The zero-order valence-corrected chi connectivity index (χ0v) is 15.3. The van der Waals surface area contributed by atoms with Gasteiger partial charge in [0.15, 0.2) is 0 Å². The molecule has 0 radical (unpaired) electrons. The van der Waals surface area contributed by atoms with Crippen molar-refractivity contribution in [3.63, 3.8) is 0 Å². The van der Waals surface area contributed by atoms with Crippen LogP contribution in [0.5, 0.6) is 0 Å². The van der Waals surface area contributed by atoms with Crippen LogP contribution in [-0.4, -0.2) is 64.4 Å². The first-order valence-corrected chi connectivity index (χ1v) is 9.29. The van der Waals surface area contributed by atoms with Crippen LogP contribution in [0.3, 0.4) is 0 Å². The standard InChI is InChI=1S/C18H29N5O2/c1-19-17(24)14-5-3-4-6-15(14)18(25)23-11-9-22(10-12-23)13-16-20-7-8-21(16)2/h7-8,14-15H,3-6,9-13H2,1-2H3,(H,19,24)/t14-,15+/m0/s1. The van der Waals surface area contributed by atoms with E-state index in [1.807, 2.05) is 28.9 Å². The maximum absolute atomic E-state index is 13.0. The Morgan fingerprint density at radius 2 is 1.84 bits per heavy atom. The zero-order valence-electron chi connectivity index (χ0n) is 15.3. The van der Waals surface area contributed by atoms with Gasteiger partial charge in [0.05, 0.1) is 6.54 Å². The van der Waals surface area contributed by atoms with Crippen molar-refractivity contribution in [2.75, 3.05) is 33.2 Å². The molecule has 0 spiro atoms. The lowest BCUT2D eigenvalue weighted by molar-refractivity contribution is -0.145. The fourth-order valence-electron chi connectivity index (χ4n) is 4.04. The van der Waals surface area contributed by atoms with Gasteiger partial charge < -0.3 is 14.8 Å². The van der Waals surface area contributed by atoms with Crippen LogP contribution in [0.1, 0.15) is 31.5 Å². The molecule has 25 heavy (non-hydrogen) atoms. The molecule has 2 atom stereocenters. The molecule has 2 fully saturated rings. The molecule has 7 heteroatoms. The number of aryl methyl sites for hydroxylation is 1. The van der Waals surface area contributed by atoms with Gasteiger partial charge >= 0.3 is 0 Å². The fourth-order valence-corrected chi connectivity index (χ4v) is 4.04. The molecule has 1 N–H and O–H groups in total. The molecule has 1 aromatic heterocycles. The van der Waals surface area contributed by atoms with Crippen LogP contribution in [0.2, 0.25) is 0 Å². The molecule has 2 aliphatic rings. The van der Waals surface area contributed by atoms with Crippen LogP contribution < -0.4 is 5.32 Å². The minimum atomic E-state index is -0.156. The number of carbonyl (C=O) groups excluding carboxylic acids is 2. The molecule has 1 aromatic rings. The Bertz CT molecular complexity index is 606. The van der Waals surface area contributed by atoms with Crippen LogP contribution in [-0.2, 0) is 23.2 Å². The minimum absolute atomic E-state index is 0.0199. The summed E-state index contributed by atoms with van der Waals surface area (Å²) in [5.41, 5.74) is 0. The molecular weight excluding hydrogens is 318 g/mol. The second-order valence-electron chi connectivity index (χ2n) is 7.17. The third-order valence-corrected chi connectivity index (χ3v) is 5.64. The predicted octanol–water partition coefficient (Wildman–Crippen LogP) is 0.617. The van der Waals surface area contributed by atoms with Crippen molar-refractivity contribution in [2.45, 2.75) is 32.2 Å². The summed E-state index contributed by atoms with van der Waals surface area (Å²) in [6.45, 7) is 4.00. The molecule has 1 aliphatic heterocycles. The smallest absolute Gasteiger partial charge is 0.226 e. The van der Waals surface area contributed by atoms with Gasteiger partial charge in [-0.2, -0.15) is 0 Å². The number of nitrogens with one attached hydrogen (secondary N) is 1. The first kappa shape index (κ1) is 17.9. The van der Waals surface area contributed by atoms with Gasteiger partial charge in [-0.3, -0.25) is 14.5 Å². The van der Waals surface area contributed by atoms with Crippen molar-refractivity contribution in [3.05, 3.63) is 18.2 Å². The molecule has 3 rings (SSSR count). The number of imidazole rings is 1. The lowest BCUT2D eigenvalue weighted by atomic mass is 9.77. The van der Waals surface area contributed by atoms with E-state index in [2.05, 4.69) is 15.2 Å². The number of aromatic nitrogens is 2. The first-order chi connectivity index (χ1) is 12.1. The predicted molar refractivity (Wildman–Crippen MR) is 94.6 cm³/mol. The quantitative estimate of drug-likeness (QED) is 0.867.